The third-order valence-electron chi connectivity index (χ3n) is 3.38. The fraction of sp³-hybridized carbons (Fsp3) is 1.00. The highest BCUT2D eigenvalue weighted by Gasteiger charge is 2.21. The Morgan fingerprint density at radius 1 is 0.833 bits per heavy atom. The molecular weight excluding hydrogens is 146 g/mol. The maximum atomic E-state index is 3.43. The van der Waals surface area contributed by atoms with Crippen molar-refractivity contribution in [2.75, 3.05) is 13.1 Å². The minimum atomic E-state index is 1.06. The summed E-state index contributed by atoms with van der Waals surface area (Å²) in [5.41, 5.74) is 0. The lowest BCUT2D eigenvalue weighted by Crippen LogP contribution is -2.27. The maximum Gasteiger partial charge on any atom is -0.00463 e. The molecule has 1 N–H and O–H groups in total. The average molecular weight is 167 g/mol. The molecular formula is C11H21N. The SMILES string of the molecule is C(CC1CCNCC1)CC1CC1. The van der Waals surface area contributed by atoms with Crippen molar-refractivity contribution in [3.8, 4) is 0 Å². The molecule has 0 unspecified atom stereocenters. The lowest BCUT2D eigenvalue weighted by molar-refractivity contribution is 0.341. The van der Waals surface area contributed by atoms with Crippen LogP contribution in [0.4, 0.5) is 0 Å². The minimum absolute atomic E-state index is 1.06. The number of nitrogens with one attached hydrogen (secondary N) is 1. The predicted molar refractivity (Wildman–Crippen MR) is 52.2 cm³/mol. The van der Waals surface area contributed by atoms with Crippen molar-refractivity contribution in [3.63, 3.8) is 0 Å². The van der Waals surface area contributed by atoms with Crippen LogP contribution in [0.2, 0.25) is 0 Å². The molecule has 1 saturated heterocycles. The zero-order chi connectivity index (χ0) is 8.23. The number of piperidine rings is 1. The topological polar surface area (TPSA) is 12.0 Å². The van der Waals surface area contributed by atoms with Crippen LogP contribution >= 0.6 is 0 Å². The molecule has 2 fully saturated rings. The summed E-state index contributed by atoms with van der Waals surface area (Å²) in [6, 6.07) is 0. The van der Waals surface area contributed by atoms with Crippen molar-refractivity contribution in [3.05, 3.63) is 0 Å². The maximum absolute atomic E-state index is 3.43. The van der Waals surface area contributed by atoms with Crippen LogP contribution in [0.25, 0.3) is 0 Å². The first-order valence-electron chi connectivity index (χ1n) is 5.66. The number of rotatable bonds is 4. The van der Waals surface area contributed by atoms with E-state index in [0.29, 0.717) is 0 Å². The molecule has 0 aromatic heterocycles. The van der Waals surface area contributed by atoms with E-state index in [1.54, 1.807) is 0 Å². The number of hydrogen-bond acceptors (Lipinski definition) is 1. The fourth-order valence-electron chi connectivity index (χ4n) is 2.27. The molecule has 0 aromatic carbocycles. The molecule has 2 rings (SSSR count). The quantitative estimate of drug-likeness (QED) is 0.678. The molecule has 1 saturated carbocycles. The molecule has 0 spiro atoms. The van der Waals surface area contributed by atoms with Crippen LogP contribution in [-0.2, 0) is 0 Å². The van der Waals surface area contributed by atoms with E-state index < -0.39 is 0 Å². The second kappa shape index (κ2) is 4.27. The third-order valence-corrected chi connectivity index (χ3v) is 3.38. The second-order valence-electron chi connectivity index (χ2n) is 4.57. The first-order valence-corrected chi connectivity index (χ1v) is 5.66. The monoisotopic (exact) mass is 167 g/mol. The summed E-state index contributed by atoms with van der Waals surface area (Å²) in [6.45, 7) is 2.54. The Balaban J connectivity index is 1.52. The summed E-state index contributed by atoms with van der Waals surface area (Å²) < 4.78 is 0. The number of hydrogen-bond donors (Lipinski definition) is 1. The van der Waals surface area contributed by atoms with Gasteiger partial charge in [-0.2, -0.15) is 0 Å². The van der Waals surface area contributed by atoms with Crippen molar-refractivity contribution >= 4 is 0 Å². The third kappa shape index (κ3) is 2.78. The first-order chi connectivity index (χ1) is 5.95. The summed E-state index contributed by atoms with van der Waals surface area (Å²) in [6.07, 6.45) is 10.5. The van der Waals surface area contributed by atoms with Crippen LogP contribution in [0.5, 0.6) is 0 Å². The first kappa shape index (κ1) is 8.55. The molecule has 12 heavy (non-hydrogen) atoms. The summed E-state index contributed by atoms with van der Waals surface area (Å²) >= 11 is 0. The van der Waals surface area contributed by atoms with Gasteiger partial charge in [-0.1, -0.05) is 32.1 Å². The van der Waals surface area contributed by atoms with E-state index in [1.165, 1.54) is 58.0 Å². The normalized spacial score (nSPS) is 26.0. The van der Waals surface area contributed by atoms with Crippen molar-refractivity contribution in [2.24, 2.45) is 11.8 Å². The van der Waals surface area contributed by atoms with Gasteiger partial charge >= 0.3 is 0 Å². The zero-order valence-corrected chi connectivity index (χ0v) is 8.02. The highest BCUT2D eigenvalue weighted by atomic mass is 14.9. The van der Waals surface area contributed by atoms with E-state index in [0.717, 1.165) is 11.8 Å². The van der Waals surface area contributed by atoms with Gasteiger partial charge in [0.25, 0.3) is 0 Å². The van der Waals surface area contributed by atoms with Gasteiger partial charge in [0.1, 0.15) is 0 Å². The predicted octanol–water partition coefficient (Wildman–Crippen LogP) is 2.57. The van der Waals surface area contributed by atoms with Crippen LogP contribution in [0.15, 0.2) is 0 Å². The Labute approximate surface area is 75.9 Å². The molecule has 1 heteroatoms. The van der Waals surface area contributed by atoms with Crippen molar-refractivity contribution < 1.29 is 0 Å². The van der Waals surface area contributed by atoms with E-state index in [4.69, 9.17) is 0 Å². The highest BCUT2D eigenvalue weighted by Crippen LogP contribution is 2.34. The molecule has 70 valence electrons. The molecule has 2 aliphatic rings. The van der Waals surface area contributed by atoms with Crippen LogP contribution < -0.4 is 5.32 Å². The standard InChI is InChI=1S/C11H21N/c1(2-10-4-5-10)3-11-6-8-12-9-7-11/h10-12H,1-9H2. The van der Waals surface area contributed by atoms with Gasteiger partial charge < -0.3 is 5.32 Å². The highest BCUT2D eigenvalue weighted by molar-refractivity contribution is 4.74. The van der Waals surface area contributed by atoms with Gasteiger partial charge in [-0.3, -0.25) is 0 Å². The zero-order valence-electron chi connectivity index (χ0n) is 8.02. The summed E-state index contributed by atoms with van der Waals surface area (Å²) in [4.78, 5) is 0. The van der Waals surface area contributed by atoms with Gasteiger partial charge in [0, 0.05) is 0 Å². The van der Waals surface area contributed by atoms with Crippen LogP contribution in [-0.4, -0.2) is 13.1 Å². The second-order valence-corrected chi connectivity index (χ2v) is 4.57. The van der Waals surface area contributed by atoms with Crippen molar-refractivity contribution in [1.29, 1.82) is 0 Å². The van der Waals surface area contributed by atoms with Gasteiger partial charge in [0.15, 0.2) is 0 Å². The van der Waals surface area contributed by atoms with Gasteiger partial charge in [0.2, 0.25) is 0 Å². The Hall–Kier alpha value is -0.0400. The Bertz CT molecular complexity index is 123. The summed E-state index contributed by atoms with van der Waals surface area (Å²) in [5.74, 6) is 2.21. The summed E-state index contributed by atoms with van der Waals surface area (Å²) in [5, 5.41) is 3.43. The van der Waals surface area contributed by atoms with Crippen LogP contribution in [0.1, 0.15) is 44.9 Å². The van der Waals surface area contributed by atoms with Gasteiger partial charge in [-0.25, -0.2) is 0 Å². The molecule has 0 amide bonds. The molecule has 1 aliphatic carbocycles. The average Bonchev–Trinajstić information content (AvgIpc) is 2.90. The van der Waals surface area contributed by atoms with E-state index in [2.05, 4.69) is 5.32 Å². The molecule has 0 bridgehead atoms. The van der Waals surface area contributed by atoms with Crippen LogP contribution in [0.3, 0.4) is 0 Å². The lowest BCUT2D eigenvalue weighted by atomic mass is 9.92. The largest absolute Gasteiger partial charge is 0.317 e. The molecule has 1 heterocycles. The van der Waals surface area contributed by atoms with Crippen molar-refractivity contribution in [2.45, 2.75) is 44.9 Å². The molecule has 1 aliphatic heterocycles. The van der Waals surface area contributed by atoms with E-state index in [9.17, 15) is 0 Å². The van der Waals surface area contributed by atoms with Gasteiger partial charge in [-0.15, -0.1) is 0 Å². The fourth-order valence-corrected chi connectivity index (χ4v) is 2.27. The van der Waals surface area contributed by atoms with Gasteiger partial charge in [0.05, 0.1) is 0 Å². The molecule has 0 aromatic rings. The van der Waals surface area contributed by atoms with E-state index in [-0.39, 0.29) is 0 Å². The van der Waals surface area contributed by atoms with Gasteiger partial charge in [-0.05, 0) is 37.8 Å². The van der Waals surface area contributed by atoms with E-state index >= 15 is 0 Å². The minimum Gasteiger partial charge on any atom is -0.317 e. The Morgan fingerprint density at radius 3 is 2.00 bits per heavy atom. The smallest absolute Gasteiger partial charge is 0.00463 e. The van der Waals surface area contributed by atoms with E-state index in [1.807, 2.05) is 0 Å². The Morgan fingerprint density at radius 2 is 1.42 bits per heavy atom. The molecule has 0 radical (unpaired) electrons. The summed E-state index contributed by atoms with van der Waals surface area (Å²) in [7, 11) is 0. The van der Waals surface area contributed by atoms with Crippen LogP contribution in [0, 0.1) is 11.8 Å². The lowest BCUT2D eigenvalue weighted by Gasteiger charge is -2.22. The molecule has 0 atom stereocenters. The molecule has 1 nitrogen and oxygen atoms in total. The Kier molecular flexibility index (Phi) is 3.04. The van der Waals surface area contributed by atoms with Crippen molar-refractivity contribution in [1.82, 2.24) is 5.32 Å².